The van der Waals surface area contributed by atoms with E-state index in [0.717, 1.165) is 55.2 Å². The summed E-state index contributed by atoms with van der Waals surface area (Å²) in [5, 5.41) is 10.1. The topological polar surface area (TPSA) is 123 Å². The number of rotatable bonds is 7. The molecule has 2 aromatic carbocycles. The van der Waals surface area contributed by atoms with Crippen molar-refractivity contribution in [2.45, 2.75) is 63.8 Å². The molecule has 0 aliphatic heterocycles. The molecule has 2 N–H and O–H groups in total. The summed E-state index contributed by atoms with van der Waals surface area (Å²) in [6, 6.07) is 15.0. The third-order valence-electron chi connectivity index (χ3n) is 6.54. The second-order valence-electron chi connectivity index (χ2n) is 9.30. The summed E-state index contributed by atoms with van der Waals surface area (Å²) in [5.74, 6) is 1.16. The largest absolute Gasteiger partial charge is 0.436 e. The highest BCUT2D eigenvalue weighted by Gasteiger charge is 2.38. The van der Waals surface area contributed by atoms with Gasteiger partial charge in [-0.15, -0.1) is 0 Å². The van der Waals surface area contributed by atoms with Crippen molar-refractivity contribution in [2.24, 2.45) is 0 Å². The number of aryl methyl sites for hydroxylation is 1. The Morgan fingerprint density at radius 1 is 0.972 bits per heavy atom. The minimum Gasteiger partial charge on any atom is -0.436 e. The maximum absolute atomic E-state index is 12.5. The Bertz CT molecular complexity index is 1320. The van der Waals surface area contributed by atoms with Gasteiger partial charge in [0.15, 0.2) is 11.4 Å². The van der Waals surface area contributed by atoms with E-state index >= 15 is 0 Å². The first-order valence-electron chi connectivity index (χ1n) is 12.4. The van der Waals surface area contributed by atoms with Gasteiger partial charge >= 0.3 is 0 Å². The van der Waals surface area contributed by atoms with Crippen LogP contribution in [-0.2, 0) is 21.5 Å². The van der Waals surface area contributed by atoms with Gasteiger partial charge in [-0.1, -0.05) is 43.0 Å². The molecule has 0 saturated heterocycles. The number of amides is 2. The van der Waals surface area contributed by atoms with Crippen LogP contribution in [0.3, 0.4) is 0 Å². The number of anilines is 1. The van der Waals surface area contributed by atoms with Gasteiger partial charge in [0.05, 0.1) is 0 Å². The van der Waals surface area contributed by atoms with Gasteiger partial charge in [0.25, 0.3) is 0 Å². The van der Waals surface area contributed by atoms with Crippen LogP contribution in [0.5, 0.6) is 0 Å². The lowest BCUT2D eigenvalue weighted by molar-refractivity contribution is -0.121. The SMILES string of the molecule is CC(=O)NC1(c2noc(CCC(=O)Nc3ccc(-c4nc5ccccc5o4)cc3)n2)CCCCCC1. The van der Waals surface area contributed by atoms with Gasteiger partial charge in [-0.05, 0) is 49.2 Å². The molecule has 186 valence electrons. The zero-order valence-electron chi connectivity index (χ0n) is 20.3. The van der Waals surface area contributed by atoms with Crippen LogP contribution in [0.1, 0.15) is 63.6 Å². The predicted molar refractivity (Wildman–Crippen MR) is 134 cm³/mol. The monoisotopic (exact) mass is 487 g/mol. The number of fused-ring (bicyclic) bond motifs is 1. The number of hydrogen-bond acceptors (Lipinski definition) is 7. The van der Waals surface area contributed by atoms with E-state index in [1.54, 1.807) is 0 Å². The van der Waals surface area contributed by atoms with E-state index in [-0.39, 0.29) is 18.2 Å². The Hall–Kier alpha value is -4.01. The number of nitrogens with zero attached hydrogens (tertiary/aromatic N) is 3. The molecule has 0 bridgehead atoms. The summed E-state index contributed by atoms with van der Waals surface area (Å²) >= 11 is 0. The summed E-state index contributed by atoms with van der Waals surface area (Å²) in [6.45, 7) is 1.51. The summed E-state index contributed by atoms with van der Waals surface area (Å²) < 4.78 is 11.2. The molecule has 1 aliphatic carbocycles. The van der Waals surface area contributed by atoms with Crippen LogP contribution in [0.2, 0.25) is 0 Å². The fourth-order valence-electron chi connectivity index (χ4n) is 4.76. The highest BCUT2D eigenvalue weighted by Crippen LogP contribution is 2.34. The Morgan fingerprint density at radius 2 is 1.72 bits per heavy atom. The number of hydrogen-bond donors (Lipinski definition) is 2. The van der Waals surface area contributed by atoms with E-state index in [2.05, 4.69) is 25.8 Å². The first kappa shape index (κ1) is 23.7. The van der Waals surface area contributed by atoms with Crippen molar-refractivity contribution < 1.29 is 18.5 Å². The first-order valence-corrected chi connectivity index (χ1v) is 12.4. The van der Waals surface area contributed by atoms with Crippen molar-refractivity contribution >= 4 is 28.6 Å². The summed E-state index contributed by atoms with van der Waals surface area (Å²) in [4.78, 5) is 33.5. The van der Waals surface area contributed by atoms with Crippen LogP contribution in [-0.4, -0.2) is 26.9 Å². The standard InChI is InChI=1S/C27H29N5O4/c1-18(33)31-27(16-6-2-3-7-17-27)26-30-24(36-32-26)15-14-23(34)28-20-12-10-19(11-13-20)25-29-21-8-4-5-9-22(21)35-25/h4-5,8-13H,2-3,6-7,14-17H2,1H3,(H,28,34)(H,31,33). The molecular formula is C27H29N5O4. The van der Waals surface area contributed by atoms with E-state index < -0.39 is 5.54 Å². The minimum absolute atomic E-state index is 0.107. The van der Waals surface area contributed by atoms with Crippen molar-refractivity contribution in [3.8, 4) is 11.5 Å². The van der Waals surface area contributed by atoms with Crippen molar-refractivity contribution in [1.82, 2.24) is 20.4 Å². The van der Waals surface area contributed by atoms with Gasteiger partial charge in [-0.2, -0.15) is 4.98 Å². The molecule has 0 radical (unpaired) electrons. The average molecular weight is 488 g/mol. The molecule has 4 aromatic rings. The Kier molecular flexibility index (Phi) is 6.79. The highest BCUT2D eigenvalue weighted by atomic mass is 16.5. The lowest BCUT2D eigenvalue weighted by atomic mass is 9.89. The molecule has 2 amide bonds. The van der Waals surface area contributed by atoms with Crippen molar-refractivity contribution in [2.75, 3.05) is 5.32 Å². The quantitative estimate of drug-likeness (QED) is 0.346. The number of para-hydroxylation sites is 2. The second-order valence-corrected chi connectivity index (χ2v) is 9.30. The van der Waals surface area contributed by atoms with E-state index in [0.29, 0.717) is 29.7 Å². The molecular weight excluding hydrogens is 458 g/mol. The van der Waals surface area contributed by atoms with Crippen molar-refractivity contribution in [3.63, 3.8) is 0 Å². The first-order chi connectivity index (χ1) is 17.5. The smallest absolute Gasteiger partial charge is 0.227 e. The molecule has 2 heterocycles. The minimum atomic E-state index is -0.594. The predicted octanol–water partition coefficient (Wildman–Crippen LogP) is 5.13. The van der Waals surface area contributed by atoms with E-state index in [1.165, 1.54) is 6.92 Å². The zero-order valence-corrected chi connectivity index (χ0v) is 20.3. The van der Waals surface area contributed by atoms with Crippen molar-refractivity contribution in [3.05, 3.63) is 60.2 Å². The van der Waals surface area contributed by atoms with E-state index in [4.69, 9.17) is 8.94 Å². The Labute approximate surface area is 208 Å². The molecule has 2 aromatic heterocycles. The van der Waals surface area contributed by atoms with Gasteiger partial charge in [-0.3, -0.25) is 9.59 Å². The molecule has 0 spiro atoms. The average Bonchev–Trinajstić information content (AvgIpc) is 3.46. The molecule has 5 rings (SSSR count). The lowest BCUT2D eigenvalue weighted by Crippen LogP contribution is -2.45. The molecule has 9 nitrogen and oxygen atoms in total. The fourth-order valence-corrected chi connectivity index (χ4v) is 4.76. The van der Waals surface area contributed by atoms with Gasteiger partial charge in [0.1, 0.15) is 11.1 Å². The van der Waals surface area contributed by atoms with Crippen molar-refractivity contribution in [1.29, 1.82) is 0 Å². The number of carbonyl (C=O) groups excluding carboxylic acids is 2. The third kappa shape index (κ3) is 5.30. The van der Waals surface area contributed by atoms with Crippen LogP contribution in [0.25, 0.3) is 22.6 Å². The lowest BCUT2D eigenvalue weighted by Gasteiger charge is -2.30. The van der Waals surface area contributed by atoms with E-state index in [1.807, 2.05) is 48.5 Å². The molecule has 0 unspecified atom stereocenters. The van der Waals surface area contributed by atoms with Crippen LogP contribution < -0.4 is 10.6 Å². The van der Waals surface area contributed by atoms with Gasteiger partial charge in [0, 0.05) is 31.0 Å². The molecule has 1 saturated carbocycles. The third-order valence-corrected chi connectivity index (χ3v) is 6.54. The highest BCUT2D eigenvalue weighted by molar-refractivity contribution is 5.91. The number of aromatic nitrogens is 3. The molecule has 0 atom stereocenters. The van der Waals surface area contributed by atoms with Gasteiger partial charge in [-0.25, -0.2) is 4.98 Å². The molecule has 1 fully saturated rings. The number of carbonyl (C=O) groups is 2. The Balaban J connectivity index is 1.19. The normalized spacial score (nSPS) is 15.4. The summed E-state index contributed by atoms with van der Waals surface area (Å²) in [6.07, 6.45) is 6.33. The van der Waals surface area contributed by atoms with E-state index in [9.17, 15) is 9.59 Å². The Morgan fingerprint density at radius 3 is 2.44 bits per heavy atom. The van der Waals surface area contributed by atoms with Crippen LogP contribution in [0.15, 0.2) is 57.5 Å². The maximum Gasteiger partial charge on any atom is 0.227 e. The summed E-state index contributed by atoms with van der Waals surface area (Å²) in [7, 11) is 0. The van der Waals surface area contributed by atoms with Crippen LogP contribution in [0, 0.1) is 0 Å². The van der Waals surface area contributed by atoms with Crippen LogP contribution >= 0.6 is 0 Å². The fraction of sp³-hybridized carbons (Fsp3) is 0.370. The summed E-state index contributed by atoms with van der Waals surface area (Å²) in [5.41, 5.74) is 2.44. The second kappa shape index (κ2) is 10.3. The van der Waals surface area contributed by atoms with Gasteiger partial charge < -0.3 is 19.6 Å². The molecule has 36 heavy (non-hydrogen) atoms. The van der Waals surface area contributed by atoms with Gasteiger partial charge in [0.2, 0.25) is 23.6 Å². The molecule has 9 heteroatoms. The number of nitrogens with one attached hydrogen (secondary N) is 2. The number of benzene rings is 2. The van der Waals surface area contributed by atoms with Crippen LogP contribution in [0.4, 0.5) is 5.69 Å². The zero-order chi connectivity index (χ0) is 25.0. The molecule has 1 aliphatic rings. The number of oxazole rings is 1. The maximum atomic E-state index is 12.5.